The molecule has 5 N–H and O–H groups in total. The standard InChI is InChI=1S/C18H18F2N2O2.C2HF3O2/c19-15-5-2-1-4-13(15)12-7-8-16(20)14(10-12)17(23)6-3-9-22-18(24)11-21;3-2(4,5)1(6)7/h1-2,4-5,7-8,10H,3,6,9,11,21H2,(H,22,24);(H,6,7)/p+1. The summed E-state index contributed by atoms with van der Waals surface area (Å²) in [5, 5.41) is 9.73. The number of Topliss-reactive ketones (excluding diaryl/α,β-unsaturated/α-hetero) is 1. The van der Waals surface area contributed by atoms with Crippen molar-refractivity contribution in [2.24, 2.45) is 0 Å². The van der Waals surface area contributed by atoms with Crippen molar-refractivity contribution in [1.82, 2.24) is 5.32 Å². The molecule has 31 heavy (non-hydrogen) atoms. The van der Waals surface area contributed by atoms with Crippen LogP contribution >= 0.6 is 0 Å². The fourth-order valence-electron chi connectivity index (χ4n) is 2.30. The number of halogens is 5. The lowest BCUT2D eigenvalue weighted by Crippen LogP contribution is -2.57. The number of aliphatic carboxylic acids is 1. The molecule has 0 aliphatic heterocycles. The summed E-state index contributed by atoms with van der Waals surface area (Å²) in [5.41, 5.74) is 4.14. The fraction of sp³-hybridized carbons (Fsp3) is 0.250. The van der Waals surface area contributed by atoms with E-state index in [2.05, 4.69) is 11.1 Å². The zero-order valence-electron chi connectivity index (χ0n) is 16.1. The quantitative estimate of drug-likeness (QED) is 0.344. The van der Waals surface area contributed by atoms with Gasteiger partial charge >= 0.3 is 12.1 Å². The molecule has 168 valence electrons. The predicted molar refractivity (Wildman–Crippen MR) is 99.8 cm³/mol. The van der Waals surface area contributed by atoms with Crippen molar-refractivity contribution in [3.05, 3.63) is 59.7 Å². The van der Waals surface area contributed by atoms with Crippen LogP contribution in [0.1, 0.15) is 23.2 Å². The number of carbonyl (C=O) groups excluding carboxylic acids is 2. The lowest BCUT2D eigenvalue weighted by atomic mass is 9.99. The van der Waals surface area contributed by atoms with Gasteiger partial charge in [0.15, 0.2) is 12.3 Å². The molecule has 0 radical (unpaired) electrons. The molecule has 0 bridgehead atoms. The molecule has 11 heteroatoms. The van der Waals surface area contributed by atoms with Crippen molar-refractivity contribution >= 4 is 17.7 Å². The maximum absolute atomic E-state index is 13.9. The first-order chi connectivity index (χ1) is 14.5. The molecule has 0 spiro atoms. The number of carbonyl (C=O) groups is 3. The van der Waals surface area contributed by atoms with Gasteiger partial charge in [0.25, 0.3) is 5.91 Å². The number of quaternary nitrogens is 1. The van der Waals surface area contributed by atoms with Crippen LogP contribution in [0.2, 0.25) is 0 Å². The van der Waals surface area contributed by atoms with Crippen LogP contribution in [0.4, 0.5) is 22.0 Å². The van der Waals surface area contributed by atoms with Crippen LogP contribution in [0.5, 0.6) is 0 Å². The molecular weight excluding hydrogens is 427 g/mol. The second kappa shape index (κ2) is 11.7. The van der Waals surface area contributed by atoms with E-state index in [1.54, 1.807) is 18.2 Å². The average Bonchev–Trinajstić information content (AvgIpc) is 2.71. The summed E-state index contributed by atoms with van der Waals surface area (Å²) in [5.74, 6) is -4.41. The van der Waals surface area contributed by atoms with E-state index in [0.29, 0.717) is 24.1 Å². The molecule has 0 atom stereocenters. The molecule has 0 aliphatic rings. The van der Waals surface area contributed by atoms with E-state index in [-0.39, 0.29) is 30.2 Å². The molecule has 2 aromatic carbocycles. The first-order valence-corrected chi connectivity index (χ1v) is 8.91. The molecule has 2 rings (SSSR count). The van der Waals surface area contributed by atoms with Gasteiger partial charge in [0.05, 0.1) is 5.56 Å². The topological polar surface area (TPSA) is 111 Å². The summed E-state index contributed by atoms with van der Waals surface area (Å²) < 4.78 is 59.5. The third-order valence-corrected chi connectivity index (χ3v) is 3.82. The van der Waals surface area contributed by atoms with Crippen molar-refractivity contribution in [3.8, 4) is 11.1 Å². The molecule has 0 aromatic heterocycles. The minimum Gasteiger partial charge on any atom is -0.475 e. The number of benzene rings is 2. The average molecular weight is 447 g/mol. The number of hydrogen-bond donors (Lipinski definition) is 3. The van der Waals surface area contributed by atoms with E-state index in [4.69, 9.17) is 9.90 Å². The highest BCUT2D eigenvalue weighted by Gasteiger charge is 2.38. The van der Waals surface area contributed by atoms with E-state index in [1.807, 2.05) is 0 Å². The normalized spacial score (nSPS) is 10.6. The molecule has 0 heterocycles. The zero-order chi connectivity index (χ0) is 23.6. The molecule has 2 aromatic rings. The number of carboxylic acid groups (broad SMARTS) is 1. The molecule has 0 saturated carbocycles. The van der Waals surface area contributed by atoms with Crippen LogP contribution in [0.15, 0.2) is 42.5 Å². The van der Waals surface area contributed by atoms with Gasteiger partial charge in [0, 0.05) is 18.5 Å². The second-order valence-electron chi connectivity index (χ2n) is 6.10. The van der Waals surface area contributed by atoms with E-state index >= 15 is 0 Å². The van der Waals surface area contributed by atoms with Crippen LogP contribution in [0, 0.1) is 11.6 Å². The van der Waals surface area contributed by atoms with Gasteiger partial charge in [-0.2, -0.15) is 13.2 Å². The number of alkyl halides is 3. The Morgan fingerprint density at radius 2 is 1.61 bits per heavy atom. The lowest BCUT2D eigenvalue weighted by molar-refractivity contribution is -0.355. The van der Waals surface area contributed by atoms with Crippen LogP contribution in [0.3, 0.4) is 0 Å². The zero-order valence-corrected chi connectivity index (χ0v) is 16.1. The molecule has 0 fully saturated rings. The van der Waals surface area contributed by atoms with Crippen LogP contribution in [0.25, 0.3) is 11.1 Å². The highest BCUT2D eigenvalue weighted by atomic mass is 19.4. The van der Waals surface area contributed by atoms with Crippen LogP contribution < -0.4 is 11.1 Å². The van der Waals surface area contributed by atoms with E-state index in [9.17, 15) is 31.5 Å². The summed E-state index contributed by atoms with van der Waals surface area (Å²) in [4.78, 5) is 32.1. The van der Waals surface area contributed by atoms with E-state index in [0.717, 1.165) is 0 Å². The lowest BCUT2D eigenvalue weighted by Gasteiger charge is -2.08. The van der Waals surface area contributed by atoms with Crippen molar-refractivity contribution in [2.45, 2.75) is 19.0 Å². The number of hydrogen-bond acceptors (Lipinski definition) is 3. The van der Waals surface area contributed by atoms with Gasteiger partial charge in [-0.1, -0.05) is 24.3 Å². The Hall–Kier alpha value is -3.34. The monoisotopic (exact) mass is 447 g/mol. The van der Waals surface area contributed by atoms with Crippen molar-refractivity contribution in [2.75, 3.05) is 13.1 Å². The Morgan fingerprint density at radius 1 is 1.00 bits per heavy atom. The van der Waals surface area contributed by atoms with E-state index < -0.39 is 23.8 Å². The van der Waals surface area contributed by atoms with Crippen molar-refractivity contribution in [1.29, 1.82) is 0 Å². The van der Waals surface area contributed by atoms with Gasteiger partial charge in [-0.25, -0.2) is 13.6 Å². The minimum absolute atomic E-state index is 0.0702. The number of ketones is 1. The summed E-state index contributed by atoms with van der Waals surface area (Å²) in [7, 11) is 0. The number of nitrogens with one attached hydrogen (secondary N) is 1. The van der Waals surface area contributed by atoms with Gasteiger partial charge in [-0.3, -0.25) is 9.59 Å². The SMILES string of the molecule is O=C(O)C(F)(F)F.[NH3+]CC(=O)NCCCC(=O)c1cc(-c2ccccc2F)ccc1F. The second-order valence-corrected chi connectivity index (χ2v) is 6.10. The molecular formula is C20H20F5N2O4+. The Balaban J connectivity index is 0.000000592. The van der Waals surface area contributed by atoms with Crippen LogP contribution in [-0.4, -0.2) is 42.0 Å². The maximum atomic E-state index is 13.9. The molecule has 0 aliphatic carbocycles. The maximum Gasteiger partial charge on any atom is 0.490 e. The summed E-state index contributed by atoms with van der Waals surface area (Å²) in [6.07, 6.45) is -4.59. The fourth-order valence-corrected chi connectivity index (χ4v) is 2.30. The Morgan fingerprint density at radius 3 is 2.16 bits per heavy atom. The highest BCUT2D eigenvalue weighted by molar-refractivity contribution is 5.97. The first-order valence-electron chi connectivity index (χ1n) is 8.91. The van der Waals surface area contributed by atoms with E-state index in [1.165, 1.54) is 24.3 Å². The Bertz CT molecular complexity index is 932. The Kier molecular flexibility index (Phi) is 9.74. The first kappa shape index (κ1) is 25.7. The third kappa shape index (κ3) is 8.51. The smallest absolute Gasteiger partial charge is 0.475 e. The van der Waals surface area contributed by atoms with Crippen molar-refractivity contribution < 1.29 is 47.2 Å². The van der Waals surface area contributed by atoms with Gasteiger partial charge in [-0.05, 0) is 30.2 Å². The summed E-state index contributed by atoms with van der Waals surface area (Å²) in [6.45, 7) is 0.460. The van der Waals surface area contributed by atoms with Gasteiger partial charge < -0.3 is 16.2 Å². The highest BCUT2D eigenvalue weighted by Crippen LogP contribution is 2.25. The van der Waals surface area contributed by atoms with Crippen LogP contribution in [-0.2, 0) is 9.59 Å². The molecule has 0 saturated heterocycles. The summed E-state index contributed by atoms with van der Waals surface area (Å²) in [6, 6.07) is 10.1. The van der Waals surface area contributed by atoms with Crippen molar-refractivity contribution in [3.63, 3.8) is 0 Å². The number of rotatable bonds is 7. The Labute approximate surface area is 173 Å². The molecule has 1 amide bonds. The summed E-state index contributed by atoms with van der Waals surface area (Å²) >= 11 is 0. The molecule has 0 unspecified atom stereocenters. The number of carboxylic acids is 1. The minimum atomic E-state index is -5.08. The predicted octanol–water partition coefficient (Wildman–Crippen LogP) is 2.59. The third-order valence-electron chi connectivity index (χ3n) is 3.82. The van der Waals surface area contributed by atoms with Gasteiger partial charge in [0.1, 0.15) is 11.6 Å². The number of amides is 1. The van der Waals surface area contributed by atoms with Gasteiger partial charge in [0.2, 0.25) is 0 Å². The van der Waals surface area contributed by atoms with Gasteiger partial charge in [-0.15, -0.1) is 0 Å². The largest absolute Gasteiger partial charge is 0.490 e. The molecule has 6 nitrogen and oxygen atoms in total.